The van der Waals surface area contributed by atoms with Gasteiger partial charge in [-0.25, -0.2) is 0 Å². The molecule has 0 radical (unpaired) electrons. The molecule has 0 heterocycles. The zero-order chi connectivity index (χ0) is 14.7. The van der Waals surface area contributed by atoms with Crippen LogP contribution >= 0.6 is 27.5 Å². The van der Waals surface area contributed by atoms with Crippen molar-refractivity contribution < 1.29 is 4.74 Å². The van der Waals surface area contributed by atoms with Gasteiger partial charge in [0.25, 0.3) is 0 Å². The summed E-state index contributed by atoms with van der Waals surface area (Å²) in [5.41, 5.74) is 9.51. The molecule has 106 valence electrons. The van der Waals surface area contributed by atoms with Gasteiger partial charge < -0.3 is 10.5 Å². The minimum atomic E-state index is -0.0887. The lowest BCUT2D eigenvalue weighted by atomic mass is 9.98. The molecule has 0 aliphatic rings. The van der Waals surface area contributed by atoms with Crippen LogP contribution in [0, 0.1) is 6.92 Å². The van der Waals surface area contributed by atoms with Crippen LogP contribution in [0.4, 0.5) is 0 Å². The van der Waals surface area contributed by atoms with Crippen LogP contribution in [0.3, 0.4) is 0 Å². The van der Waals surface area contributed by atoms with Crippen LogP contribution in [0.2, 0.25) is 5.02 Å². The number of ether oxygens (including phenoxy) is 1. The van der Waals surface area contributed by atoms with Gasteiger partial charge in [-0.15, -0.1) is 0 Å². The van der Waals surface area contributed by atoms with Crippen molar-refractivity contribution in [1.29, 1.82) is 0 Å². The average molecular weight is 355 g/mol. The van der Waals surface area contributed by atoms with Crippen molar-refractivity contribution in [2.24, 2.45) is 5.73 Å². The van der Waals surface area contributed by atoms with E-state index in [-0.39, 0.29) is 6.04 Å². The van der Waals surface area contributed by atoms with Gasteiger partial charge in [-0.2, -0.15) is 0 Å². The minimum absolute atomic E-state index is 0.0887. The molecular weight excluding hydrogens is 338 g/mol. The van der Waals surface area contributed by atoms with Gasteiger partial charge in [0.05, 0.1) is 7.11 Å². The molecule has 1 unspecified atom stereocenters. The highest BCUT2D eigenvalue weighted by Gasteiger charge is 2.12. The second-order valence-corrected chi connectivity index (χ2v) is 6.10. The van der Waals surface area contributed by atoms with Gasteiger partial charge in [0, 0.05) is 15.5 Å². The number of aryl methyl sites for hydroxylation is 1. The summed E-state index contributed by atoms with van der Waals surface area (Å²) < 4.78 is 6.40. The Morgan fingerprint density at radius 3 is 2.65 bits per heavy atom. The first kappa shape index (κ1) is 15.4. The quantitative estimate of drug-likeness (QED) is 0.866. The summed E-state index contributed by atoms with van der Waals surface area (Å²) in [6.45, 7) is 1.98. The Labute approximate surface area is 133 Å². The highest BCUT2D eigenvalue weighted by Crippen LogP contribution is 2.28. The Morgan fingerprint density at radius 2 is 2.00 bits per heavy atom. The summed E-state index contributed by atoms with van der Waals surface area (Å²) in [5, 5.41) is 0.765. The maximum atomic E-state index is 6.31. The smallest absolute Gasteiger partial charge is 0.122 e. The molecule has 0 saturated heterocycles. The number of halogens is 2. The van der Waals surface area contributed by atoms with E-state index in [1.165, 1.54) is 0 Å². The van der Waals surface area contributed by atoms with Crippen molar-refractivity contribution >= 4 is 27.5 Å². The van der Waals surface area contributed by atoms with Crippen LogP contribution in [0.1, 0.15) is 22.7 Å². The highest BCUT2D eigenvalue weighted by atomic mass is 79.9. The van der Waals surface area contributed by atoms with Crippen LogP contribution in [-0.4, -0.2) is 7.11 Å². The molecule has 4 heteroatoms. The lowest BCUT2D eigenvalue weighted by Crippen LogP contribution is -2.14. The molecule has 0 aliphatic heterocycles. The van der Waals surface area contributed by atoms with Crippen LogP contribution in [0.5, 0.6) is 5.75 Å². The molecule has 20 heavy (non-hydrogen) atoms. The molecule has 0 aromatic heterocycles. The fraction of sp³-hybridized carbons (Fsp3) is 0.250. The summed E-state index contributed by atoms with van der Waals surface area (Å²) in [6, 6.07) is 11.8. The first-order valence-corrected chi connectivity index (χ1v) is 7.52. The van der Waals surface area contributed by atoms with Crippen LogP contribution in [0.15, 0.2) is 40.9 Å². The molecule has 2 aromatic carbocycles. The van der Waals surface area contributed by atoms with Gasteiger partial charge in [-0.1, -0.05) is 39.7 Å². The summed E-state index contributed by atoms with van der Waals surface area (Å²) in [5.74, 6) is 0.856. The van der Waals surface area contributed by atoms with E-state index in [2.05, 4.69) is 15.9 Å². The zero-order valence-electron chi connectivity index (χ0n) is 11.5. The van der Waals surface area contributed by atoms with Gasteiger partial charge in [-0.05, 0) is 54.3 Å². The van der Waals surface area contributed by atoms with E-state index in [9.17, 15) is 0 Å². The lowest BCUT2D eigenvalue weighted by molar-refractivity contribution is 0.408. The molecule has 0 saturated carbocycles. The Hall–Kier alpha value is -1.03. The molecule has 0 fully saturated rings. The second-order valence-electron chi connectivity index (χ2n) is 4.78. The normalized spacial score (nSPS) is 12.2. The first-order valence-electron chi connectivity index (χ1n) is 6.35. The van der Waals surface area contributed by atoms with Crippen LogP contribution in [0.25, 0.3) is 0 Å². The predicted molar refractivity (Wildman–Crippen MR) is 87.5 cm³/mol. The highest BCUT2D eigenvalue weighted by molar-refractivity contribution is 9.10. The summed E-state index contributed by atoms with van der Waals surface area (Å²) in [6.07, 6.45) is 0.712. The molecule has 0 spiro atoms. The van der Waals surface area contributed by atoms with Crippen molar-refractivity contribution in [2.75, 3.05) is 7.11 Å². The molecular formula is C16H17BrClNO. The molecule has 2 nitrogen and oxygen atoms in total. The maximum absolute atomic E-state index is 6.31. The number of nitrogens with two attached hydrogens (primary N) is 1. The fourth-order valence-corrected chi connectivity index (χ4v) is 2.69. The maximum Gasteiger partial charge on any atom is 0.122 e. The minimum Gasteiger partial charge on any atom is -0.496 e. The van der Waals surface area contributed by atoms with Gasteiger partial charge in [0.2, 0.25) is 0 Å². The van der Waals surface area contributed by atoms with Crippen LogP contribution in [-0.2, 0) is 6.42 Å². The number of methoxy groups -OCH3 is 1. The number of hydrogen-bond acceptors (Lipinski definition) is 2. The van der Waals surface area contributed by atoms with Crippen molar-refractivity contribution in [3.05, 3.63) is 62.6 Å². The molecule has 0 bridgehead atoms. The third-order valence-corrected chi connectivity index (χ3v) is 4.21. The number of hydrogen-bond donors (Lipinski definition) is 1. The van der Waals surface area contributed by atoms with Crippen molar-refractivity contribution in [1.82, 2.24) is 0 Å². The molecule has 2 N–H and O–H groups in total. The van der Waals surface area contributed by atoms with Crippen molar-refractivity contribution in [3.8, 4) is 5.75 Å². The monoisotopic (exact) mass is 353 g/mol. The zero-order valence-corrected chi connectivity index (χ0v) is 13.8. The summed E-state index contributed by atoms with van der Waals surface area (Å²) in [7, 11) is 1.67. The molecule has 0 amide bonds. The van der Waals surface area contributed by atoms with Gasteiger partial charge in [0.15, 0.2) is 0 Å². The van der Waals surface area contributed by atoms with Gasteiger partial charge in [0.1, 0.15) is 5.75 Å². The van der Waals surface area contributed by atoms with E-state index in [4.69, 9.17) is 22.1 Å². The molecule has 2 rings (SSSR count). The predicted octanol–water partition coefficient (Wildman–Crippen LogP) is 4.66. The van der Waals surface area contributed by atoms with E-state index in [1.807, 2.05) is 43.3 Å². The topological polar surface area (TPSA) is 35.2 Å². The SMILES string of the molecule is COc1ccc(Br)cc1CC(N)c1ccc(Cl)c(C)c1. The fourth-order valence-electron chi connectivity index (χ4n) is 2.16. The number of benzene rings is 2. The Kier molecular flexibility index (Phi) is 5.08. The Morgan fingerprint density at radius 1 is 1.25 bits per heavy atom. The molecule has 2 aromatic rings. The first-order chi connectivity index (χ1) is 9.51. The van der Waals surface area contributed by atoms with E-state index in [0.717, 1.165) is 31.9 Å². The van der Waals surface area contributed by atoms with Crippen LogP contribution < -0.4 is 10.5 Å². The average Bonchev–Trinajstić information content (AvgIpc) is 2.42. The Balaban J connectivity index is 2.24. The summed E-state index contributed by atoms with van der Waals surface area (Å²) in [4.78, 5) is 0. The summed E-state index contributed by atoms with van der Waals surface area (Å²) >= 11 is 9.53. The van der Waals surface area contributed by atoms with Crippen molar-refractivity contribution in [2.45, 2.75) is 19.4 Å². The van der Waals surface area contributed by atoms with E-state index in [0.29, 0.717) is 6.42 Å². The van der Waals surface area contributed by atoms with Crippen molar-refractivity contribution in [3.63, 3.8) is 0 Å². The standard InChI is InChI=1S/C16H17BrClNO/c1-10-7-11(3-5-14(10)18)15(19)9-12-8-13(17)4-6-16(12)20-2/h3-8,15H,9,19H2,1-2H3. The Bertz CT molecular complexity index is 615. The third-order valence-electron chi connectivity index (χ3n) is 3.29. The van der Waals surface area contributed by atoms with E-state index in [1.54, 1.807) is 7.11 Å². The second kappa shape index (κ2) is 6.61. The largest absolute Gasteiger partial charge is 0.496 e. The third kappa shape index (κ3) is 3.54. The number of rotatable bonds is 4. The molecule has 0 aliphatic carbocycles. The van der Waals surface area contributed by atoms with Gasteiger partial charge in [-0.3, -0.25) is 0 Å². The van der Waals surface area contributed by atoms with E-state index >= 15 is 0 Å². The lowest BCUT2D eigenvalue weighted by Gasteiger charge is -2.16. The van der Waals surface area contributed by atoms with Gasteiger partial charge >= 0.3 is 0 Å². The van der Waals surface area contributed by atoms with E-state index < -0.39 is 0 Å². The molecule has 1 atom stereocenters.